The molecule has 3 aliphatic carbocycles. The van der Waals surface area contributed by atoms with E-state index >= 15 is 0 Å². The predicted molar refractivity (Wildman–Crippen MR) is 195 cm³/mol. The van der Waals surface area contributed by atoms with Crippen LogP contribution in [0.25, 0.3) is 28.3 Å². The monoisotopic (exact) mass is 602 g/mol. The quantitative estimate of drug-likeness (QED) is 0.234. The molecule has 3 aliphatic rings. The molecule has 0 radical (unpaired) electrons. The highest BCUT2D eigenvalue weighted by molar-refractivity contribution is 5.81. The summed E-state index contributed by atoms with van der Waals surface area (Å²) in [4.78, 5) is 4.70. The molecule has 0 spiro atoms. The van der Waals surface area contributed by atoms with Crippen LogP contribution in [-0.4, -0.2) is 4.98 Å². The number of aromatic nitrogens is 1. The molecular weight excluding hydrogens is 548 g/mol. The predicted octanol–water partition coefficient (Wildman–Crippen LogP) is 9.89. The Hall–Kier alpha value is -3.85. The second-order valence-corrected chi connectivity index (χ2v) is 12.9. The van der Waals surface area contributed by atoms with Gasteiger partial charge in [0.05, 0.1) is 0 Å². The number of allylic oxidation sites excluding steroid dienone is 9. The van der Waals surface area contributed by atoms with E-state index in [-0.39, 0.29) is 5.41 Å². The number of hydrogen-bond acceptors (Lipinski definition) is 3. The number of fused-ring (bicyclic) bond motifs is 6. The van der Waals surface area contributed by atoms with Gasteiger partial charge in [-0.2, -0.15) is 0 Å². The van der Waals surface area contributed by atoms with Gasteiger partial charge in [0, 0.05) is 33.5 Å². The number of pyridine rings is 1. The van der Waals surface area contributed by atoms with Gasteiger partial charge in [0.25, 0.3) is 0 Å². The summed E-state index contributed by atoms with van der Waals surface area (Å²) >= 11 is 0. The topological polar surface area (TPSA) is 52.0 Å². The van der Waals surface area contributed by atoms with Crippen molar-refractivity contribution in [2.45, 2.75) is 88.0 Å². The van der Waals surface area contributed by atoms with Crippen LogP contribution in [0.4, 0.5) is 0 Å². The summed E-state index contributed by atoms with van der Waals surface area (Å²) in [5, 5.41) is 2.24. The lowest BCUT2D eigenvalue weighted by Crippen LogP contribution is -2.36. The first-order chi connectivity index (χ1) is 21.6. The number of aryl methyl sites for hydroxylation is 2. The van der Waals surface area contributed by atoms with Gasteiger partial charge in [0.1, 0.15) is 5.42 Å². The van der Waals surface area contributed by atoms with Crippen LogP contribution in [0.2, 0.25) is 0 Å². The van der Waals surface area contributed by atoms with E-state index in [0.29, 0.717) is 23.5 Å². The first kappa shape index (κ1) is 34.0. The Kier molecular flexibility index (Phi) is 11.0. The van der Waals surface area contributed by atoms with Gasteiger partial charge in [-0.15, -0.1) is 0 Å². The van der Waals surface area contributed by atoms with Crippen molar-refractivity contribution < 1.29 is 4.42 Å². The van der Waals surface area contributed by atoms with E-state index in [9.17, 15) is 0 Å². The number of benzene rings is 1. The third-order valence-corrected chi connectivity index (χ3v) is 9.37. The highest BCUT2D eigenvalue weighted by Crippen LogP contribution is 2.68. The maximum absolute atomic E-state index is 6.99. The highest BCUT2D eigenvalue weighted by atomic mass is 16.3. The van der Waals surface area contributed by atoms with Crippen molar-refractivity contribution in [2.75, 3.05) is 0 Å². The van der Waals surface area contributed by atoms with E-state index in [1.807, 2.05) is 27.7 Å². The number of furan rings is 1. The molecular formula is C42H54N2O. The molecule has 3 heteroatoms. The number of nitrogens with zero attached hydrogens (tertiary/aromatic N) is 1. The van der Waals surface area contributed by atoms with Crippen molar-refractivity contribution in [2.24, 2.45) is 28.9 Å². The van der Waals surface area contributed by atoms with E-state index in [1.165, 1.54) is 34.3 Å². The highest BCUT2D eigenvalue weighted by Gasteiger charge is 2.61. The Morgan fingerprint density at radius 1 is 1.07 bits per heavy atom. The van der Waals surface area contributed by atoms with E-state index in [4.69, 9.17) is 15.1 Å². The average Bonchev–Trinajstić information content (AvgIpc) is 3.61. The van der Waals surface area contributed by atoms with Crippen LogP contribution in [0.15, 0.2) is 94.6 Å². The van der Waals surface area contributed by atoms with Gasteiger partial charge < -0.3 is 10.2 Å². The second-order valence-electron chi connectivity index (χ2n) is 12.9. The zero-order valence-electron chi connectivity index (χ0n) is 29.1. The standard InChI is InChI=1S/C33H36N2O.C7H12.C2H6/c1-5-7-18-33-19-28(33)22(6-2)24(23-11-9-8-10-20(23)3)15-17-29(34)30-27(33)16-14-25-26-13-12-21(4)35-32(26)36-31(25)30;1-6(2)5-7(3)4;1-2/h7-15,17-18,22,27-28H,5-6,16,19,34H2,1-4H3;5H,1H2,2-4H3;1-2H3/b18-7?,24-15+,29-17-;;. The first-order valence-corrected chi connectivity index (χ1v) is 16.9. The molecule has 1 saturated carbocycles. The Labute approximate surface area is 271 Å². The van der Waals surface area contributed by atoms with Crippen molar-refractivity contribution in [3.05, 3.63) is 118 Å². The minimum Gasteiger partial charge on any atom is -0.437 e. The maximum Gasteiger partial charge on any atom is 0.227 e. The van der Waals surface area contributed by atoms with Crippen molar-refractivity contribution in [1.29, 1.82) is 0 Å². The Balaban J connectivity index is 0.000000455. The third kappa shape index (κ3) is 6.88. The number of hydrogen-bond donors (Lipinski definition) is 1. The molecule has 0 aliphatic heterocycles. The maximum atomic E-state index is 6.99. The van der Waals surface area contributed by atoms with Gasteiger partial charge in [0.2, 0.25) is 5.71 Å². The largest absolute Gasteiger partial charge is 0.437 e. The fraction of sp³-hybridized carbons (Fsp3) is 0.405. The molecule has 0 saturated heterocycles. The molecule has 2 heterocycles. The van der Waals surface area contributed by atoms with Gasteiger partial charge in [0.15, 0.2) is 0 Å². The van der Waals surface area contributed by atoms with E-state index in [1.54, 1.807) is 0 Å². The summed E-state index contributed by atoms with van der Waals surface area (Å²) in [6, 6.07) is 13.0. The fourth-order valence-electron chi connectivity index (χ4n) is 7.50. The molecule has 3 nitrogen and oxygen atoms in total. The zero-order chi connectivity index (χ0) is 32.9. The summed E-state index contributed by atoms with van der Waals surface area (Å²) < 4.78 is 6.50. The lowest BCUT2D eigenvalue weighted by atomic mass is 9.73. The summed E-state index contributed by atoms with van der Waals surface area (Å²) in [6.45, 7) is 22.6. The van der Waals surface area contributed by atoms with Crippen LogP contribution >= 0.6 is 0 Å². The Morgan fingerprint density at radius 2 is 1.80 bits per heavy atom. The Bertz CT molecular complexity index is 1790. The number of rotatable bonds is 5. The molecule has 6 rings (SSSR count). The number of nitrogens with two attached hydrogens (primary N) is 1. The zero-order valence-corrected chi connectivity index (χ0v) is 29.1. The third-order valence-electron chi connectivity index (χ3n) is 9.37. The molecule has 238 valence electrons. The molecule has 0 bridgehead atoms. The van der Waals surface area contributed by atoms with Gasteiger partial charge in [-0.25, -0.2) is 4.98 Å². The lowest BCUT2D eigenvalue weighted by Gasteiger charge is -2.31. The van der Waals surface area contributed by atoms with Crippen molar-refractivity contribution in [3.8, 4) is 0 Å². The normalized spacial score (nSPS) is 25.4. The summed E-state index contributed by atoms with van der Waals surface area (Å²) in [5.74, 6) is 1.36. The van der Waals surface area contributed by atoms with Crippen LogP contribution in [0.5, 0.6) is 0 Å². The van der Waals surface area contributed by atoms with Crippen LogP contribution < -0.4 is 16.4 Å². The second kappa shape index (κ2) is 14.5. The summed E-state index contributed by atoms with van der Waals surface area (Å²) in [7, 11) is 0. The van der Waals surface area contributed by atoms with Gasteiger partial charge in [-0.1, -0.05) is 100 Å². The van der Waals surface area contributed by atoms with E-state index in [0.717, 1.165) is 52.2 Å². The summed E-state index contributed by atoms with van der Waals surface area (Å²) in [5.41, 5.74) is 18.2. The van der Waals surface area contributed by atoms with Crippen molar-refractivity contribution in [3.63, 3.8) is 0 Å². The molecule has 4 unspecified atom stereocenters. The molecule has 45 heavy (non-hydrogen) atoms. The first-order valence-electron chi connectivity index (χ1n) is 16.9. The molecule has 1 aromatic carbocycles. The van der Waals surface area contributed by atoms with Crippen LogP contribution in [-0.2, 0) is 0 Å². The lowest BCUT2D eigenvalue weighted by molar-refractivity contribution is 0.382. The van der Waals surface area contributed by atoms with Gasteiger partial charge in [-0.05, 0) is 112 Å². The van der Waals surface area contributed by atoms with Crippen LogP contribution in [0.3, 0.4) is 0 Å². The van der Waals surface area contributed by atoms with Crippen LogP contribution in [0.1, 0.15) is 91.0 Å². The van der Waals surface area contributed by atoms with Crippen LogP contribution in [0, 0.1) is 37.0 Å². The average molecular weight is 603 g/mol. The SMILES string of the molecule is C=C(C)C=C(C)C.CC.CCC=CC12CC1C(CC)/C(c1ccccc1C)=C\C=C(/N)C1=c3oc4nc(C)ccc4c3=CCC12. The smallest absolute Gasteiger partial charge is 0.227 e. The molecule has 2 N–H and O–H groups in total. The fourth-order valence-corrected chi connectivity index (χ4v) is 7.50. The van der Waals surface area contributed by atoms with Gasteiger partial charge >= 0.3 is 0 Å². The molecule has 0 amide bonds. The summed E-state index contributed by atoms with van der Waals surface area (Å²) in [6.07, 6.45) is 18.1. The minimum absolute atomic E-state index is 0.0904. The van der Waals surface area contributed by atoms with E-state index < -0.39 is 0 Å². The molecule has 1 fully saturated rings. The van der Waals surface area contributed by atoms with Crippen molar-refractivity contribution >= 4 is 28.3 Å². The molecule has 4 atom stereocenters. The van der Waals surface area contributed by atoms with E-state index in [2.05, 4.69) is 114 Å². The molecule has 3 aromatic rings. The molecule has 2 aromatic heterocycles. The minimum atomic E-state index is 0.0904. The van der Waals surface area contributed by atoms with Crippen molar-refractivity contribution in [1.82, 2.24) is 4.98 Å². The Morgan fingerprint density at radius 3 is 2.42 bits per heavy atom. The van der Waals surface area contributed by atoms with Gasteiger partial charge in [-0.3, -0.25) is 0 Å².